The Hall–Kier alpha value is -0.940. The topological polar surface area (TPSA) is 36.4 Å². The maximum Gasteiger partial charge on any atom is 0.236 e. The number of rotatable bonds is 5. The van der Waals surface area contributed by atoms with Crippen molar-refractivity contribution in [2.75, 3.05) is 20.1 Å². The Kier molecular flexibility index (Phi) is 5.70. The zero-order valence-corrected chi connectivity index (χ0v) is 15.3. The SMILES string of the molecule is CCC1CCCCN1C(=O)CN(C)Cc1nc2c(s1)CCCC2. The molecular formula is C18H29N3OS. The number of aromatic nitrogens is 1. The van der Waals surface area contributed by atoms with E-state index in [0.717, 1.165) is 32.4 Å². The summed E-state index contributed by atoms with van der Waals surface area (Å²) < 4.78 is 0. The van der Waals surface area contributed by atoms with Gasteiger partial charge in [-0.05, 0) is 58.4 Å². The minimum absolute atomic E-state index is 0.292. The van der Waals surface area contributed by atoms with Crippen molar-refractivity contribution < 1.29 is 4.79 Å². The maximum atomic E-state index is 12.6. The van der Waals surface area contributed by atoms with Crippen molar-refractivity contribution in [3.8, 4) is 0 Å². The van der Waals surface area contributed by atoms with E-state index in [4.69, 9.17) is 4.98 Å². The van der Waals surface area contributed by atoms with Crippen LogP contribution in [-0.2, 0) is 24.2 Å². The molecule has 1 aliphatic heterocycles. The Morgan fingerprint density at radius 2 is 2.13 bits per heavy atom. The monoisotopic (exact) mass is 335 g/mol. The highest BCUT2D eigenvalue weighted by Gasteiger charge is 2.26. The van der Waals surface area contributed by atoms with Crippen molar-refractivity contribution in [3.05, 3.63) is 15.6 Å². The van der Waals surface area contributed by atoms with E-state index >= 15 is 0 Å². The van der Waals surface area contributed by atoms with Gasteiger partial charge in [0.25, 0.3) is 0 Å². The van der Waals surface area contributed by atoms with E-state index in [1.807, 2.05) is 18.4 Å². The summed E-state index contributed by atoms with van der Waals surface area (Å²) in [5.74, 6) is 0.292. The Morgan fingerprint density at radius 1 is 1.30 bits per heavy atom. The molecule has 1 amide bonds. The van der Waals surface area contributed by atoms with Gasteiger partial charge in [0.05, 0.1) is 18.8 Å². The van der Waals surface area contributed by atoms with E-state index in [2.05, 4.69) is 16.7 Å². The average molecular weight is 336 g/mol. The normalized spacial score (nSPS) is 21.5. The number of likely N-dealkylation sites (N-methyl/N-ethyl adjacent to an activating group) is 1. The number of amides is 1. The molecule has 1 fully saturated rings. The van der Waals surface area contributed by atoms with E-state index in [1.165, 1.54) is 47.7 Å². The van der Waals surface area contributed by atoms with E-state index in [-0.39, 0.29) is 0 Å². The molecule has 2 aliphatic rings. The third-order valence-electron chi connectivity index (χ3n) is 5.12. The summed E-state index contributed by atoms with van der Waals surface area (Å²) in [6.07, 6.45) is 9.59. The first-order valence-corrected chi connectivity index (χ1v) is 9.94. The van der Waals surface area contributed by atoms with Crippen LogP contribution in [0.3, 0.4) is 0 Å². The fraction of sp³-hybridized carbons (Fsp3) is 0.778. The molecule has 0 spiro atoms. The Balaban J connectivity index is 1.55. The molecule has 3 rings (SSSR count). The molecule has 1 aromatic rings. The molecule has 0 saturated carbocycles. The molecule has 0 radical (unpaired) electrons. The number of aryl methyl sites for hydroxylation is 2. The molecule has 128 valence electrons. The van der Waals surface area contributed by atoms with Gasteiger partial charge < -0.3 is 4.90 Å². The zero-order chi connectivity index (χ0) is 16.2. The molecule has 1 aromatic heterocycles. The Morgan fingerprint density at radius 3 is 2.91 bits per heavy atom. The third-order valence-corrected chi connectivity index (χ3v) is 6.26. The highest BCUT2D eigenvalue weighted by molar-refractivity contribution is 7.11. The number of piperidine rings is 1. The second-order valence-corrected chi connectivity index (χ2v) is 8.17. The van der Waals surface area contributed by atoms with Crippen LogP contribution in [0.15, 0.2) is 0 Å². The number of fused-ring (bicyclic) bond motifs is 1. The summed E-state index contributed by atoms with van der Waals surface area (Å²) in [7, 11) is 2.04. The minimum atomic E-state index is 0.292. The summed E-state index contributed by atoms with van der Waals surface area (Å²) in [4.78, 5) is 23.2. The van der Waals surface area contributed by atoms with Crippen LogP contribution < -0.4 is 0 Å². The molecule has 0 aromatic carbocycles. The molecule has 2 heterocycles. The Bertz CT molecular complexity index is 519. The van der Waals surface area contributed by atoms with Crippen molar-refractivity contribution in [2.45, 2.75) is 70.9 Å². The standard InChI is InChI=1S/C18H29N3OS/c1-3-14-8-6-7-11-21(14)18(22)13-20(2)12-17-19-15-9-4-5-10-16(15)23-17/h14H,3-13H2,1-2H3. The highest BCUT2D eigenvalue weighted by atomic mass is 32.1. The van der Waals surface area contributed by atoms with Crippen LogP contribution >= 0.6 is 11.3 Å². The molecule has 1 aliphatic carbocycles. The van der Waals surface area contributed by atoms with E-state index in [9.17, 15) is 4.79 Å². The molecule has 0 bridgehead atoms. The first-order valence-electron chi connectivity index (χ1n) is 9.13. The van der Waals surface area contributed by atoms with Gasteiger partial charge in [0.15, 0.2) is 0 Å². The summed E-state index contributed by atoms with van der Waals surface area (Å²) in [6, 6.07) is 0.455. The van der Waals surface area contributed by atoms with Crippen LogP contribution in [-0.4, -0.2) is 46.9 Å². The molecule has 5 heteroatoms. The summed E-state index contributed by atoms with van der Waals surface area (Å²) >= 11 is 1.85. The fourth-order valence-corrected chi connectivity index (χ4v) is 5.07. The first-order chi connectivity index (χ1) is 11.2. The van der Waals surface area contributed by atoms with Gasteiger partial charge in [0, 0.05) is 17.5 Å². The predicted molar refractivity (Wildman–Crippen MR) is 94.7 cm³/mol. The lowest BCUT2D eigenvalue weighted by atomic mass is 10.00. The van der Waals surface area contributed by atoms with Gasteiger partial charge in [0.1, 0.15) is 5.01 Å². The van der Waals surface area contributed by atoms with Gasteiger partial charge in [-0.15, -0.1) is 11.3 Å². The lowest BCUT2D eigenvalue weighted by molar-refractivity contribution is -0.136. The van der Waals surface area contributed by atoms with Crippen molar-refractivity contribution in [3.63, 3.8) is 0 Å². The lowest BCUT2D eigenvalue weighted by Crippen LogP contribution is -2.47. The molecular weight excluding hydrogens is 306 g/mol. The van der Waals surface area contributed by atoms with E-state index in [1.54, 1.807) is 0 Å². The maximum absolute atomic E-state index is 12.6. The molecule has 1 unspecified atom stereocenters. The number of carbonyl (C=O) groups is 1. The van der Waals surface area contributed by atoms with Gasteiger partial charge in [-0.3, -0.25) is 9.69 Å². The lowest BCUT2D eigenvalue weighted by Gasteiger charge is -2.36. The van der Waals surface area contributed by atoms with Crippen molar-refractivity contribution in [1.82, 2.24) is 14.8 Å². The van der Waals surface area contributed by atoms with Crippen LogP contribution in [0.4, 0.5) is 0 Å². The van der Waals surface area contributed by atoms with E-state index in [0.29, 0.717) is 18.5 Å². The summed E-state index contributed by atoms with van der Waals surface area (Å²) in [5.41, 5.74) is 1.32. The Labute approximate surface area is 143 Å². The summed E-state index contributed by atoms with van der Waals surface area (Å²) in [6.45, 7) is 4.45. The quantitative estimate of drug-likeness (QED) is 0.829. The zero-order valence-electron chi connectivity index (χ0n) is 14.5. The van der Waals surface area contributed by atoms with Crippen LogP contribution in [0.5, 0.6) is 0 Å². The number of carbonyl (C=O) groups excluding carboxylic acids is 1. The van der Waals surface area contributed by atoms with Gasteiger partial charge in [-0.1, -0.05) is 6.92 Å². The molecule has 1 saturated heterocycles. The van der Waals surface area contributed by atoms with Gasteiger partial charge in [-0.2, -0.15) is 0 Å². The largest absolute Gasteiger partial charge is 0.339 e. The van der Waals surface area contributed by atoms with Crippen molar-refractivity contribution in [1.29, 1.82) is 0 Å². The van der Waals surface area contributed by atoms with Crippen LogP contribution in [0.2, 0.25) is 0 Å². The second kappa shape index (κ2) is 7.75. The average Bonchev–Trinajstić information content (AvgIpc) is 2.96. The van der Waals surface area contributed by atoms with E-state index < -0.39 is 0 Å². The smallest absolute Gasteiger partial charge is 0.236 e. The first kappa shape index (κ1) is 16.9. The second-order valence-electron chi connectivity index (χ2n) is 7.00. The molecule has 23 heavy (non-hydrogen) atoms. The molecule has 0 N–H and O–H groups in total. The number of hydrogen-bond donors (Lipinski definition) is 0. The predicted octanol–water partition coefficient (Wildman–Crippen LogP) is 3.24. The fourth-order valence-electron chi connectivity index (χ4n) is 3.83. The molecule has 4 nitrogen and oxygen atoms in total. The van der Waals surface area contributed by atoms with Crippen molar-refractivity contribution in [2.24, 2.45) is 0 Å². The van der Waals surface area contributed by atoms with Gasteiger partial charge in [-0.25, -0.2) is 4.98 Å². The number of thiazole rings is 1. The summed E-state index contributed by atoms with van der Waals surface area (Å²) in [5, 5.41) is 1.18. The van der Waals surface area contributed by atoms with Crippen LogP contribution in [0.1, 0.15) is 61.0 Å². The number of likely N-dealkylation sites (tertiary alicyclic amines) is 1. The third kappa shape index (κ3) is 4.13. The van der Waals surface area contributed by atoms with Crippen LogP contribution in [0.25, 0.3) is 0 Å². The number of nitrogens with zero attached hydrogens (tertiary/aromatic N) is 3. The van der Waals surface area contributed by atoms with Gasteiger partial charge >= 0.3 is 0 Å². The van der Waals surface area contributed by atoms with Crippen LogP contribution in [0, 0.1) is 0 Å². The van der Waals surface area contributed by atoms with Crippen molar-refractivity contribution >= 4 is 17.2 Å². The molecule has 1 atom stereocenters. The highest BCUT2D eigenvalue weighted by Crippen LogP contribution is 2.27. The van der Waals surface area contributed by atoms with Gasteiger partial charge in [0.2, 0.25) is 5.91 Å². The number of hydrogen-bond acceptors (Lipinski definition) is 4. The minimum Gasteiger partial charge on any atom is -0.339 e.